The van der Waals surface area contributed by atoms with Crippen LogP contribution < -0.4 is 10.5 Å². The number of hydrogen-bond donors (Lipinski definition) is 1. The van der Waals surface area contributed by atoms with Crippen molar-refractivity contribution in [2.45, 2.75) is 11.3 Å². The van der Waals surface area contributed by atoms with Gasteiger partial charge in [-0.25, -0.2) is 0 Å². The highest BCUT2D eigenvalue weighted by Gasteiger charge is 2.04. The van der Waals surface area contributed by atoms with Crippen molar-refractivity contribution in [2.75, 3.05) is 18.1 Å². The molecule has 0 saturated carbocycles. The molecule has 0 saturated heterocycles. The molecule has 5 heteroatoms. The molecule has 106 valence electrons. The third kappa shape index (κ3) is 4.25. The predicted octanol–water partition coefficient (Wildman–Crippen LogP) is 3.50. The molecular formula is C15H16ClNO2S. The fourth-order valence-corrected chi connectivity index (χ4v) is 2.87. The van der Waals surface area contributed by atoms with Gasteiger partial charge in [0, 0.05) is 15.7 Å². The molecule has 20 heavy (non-hydrogen) atoms. The van der Waals surface area contributed by atoms with Crippen molar-refractivity contribution in [1.82, 2.24) is 0 Å². The molecule has 1 atom stereocenters. The van der Waals surface area contributed by atoms with E-state index in [-0.39, 0.29) is 0 Å². The summed E-state index contributed by atoms with van der Waals surface area (Å²) in [6.45, 7) is 0.494. The highest BCUT2D eigenvalue weighted by Crippen LogP contribution is 2.20. The third-order valence-corrected chi connectivity index (χ3v) is 4.44. The van der Waals surface area contributed by atoms with E-state index in [9.17, 15) is 4.21 Å². The second-order valence-corrected chi connectivity index (χ2v) is 6.25. The van der Waals surface area contributed by atoms with Crippen LogP contribution in [0.3, 0.4) is 0 Å². The van der Waals surface area contributed by atoms with Crippen LogP contribution >= 0.6 is 11.6 Å². The molecule has 0 fully saturated rings. The average molecular weight is 310 g/mol. The first-order valence-corrected chi connectivity index (χ1v) is 7.98. The van der Waals surface area contributed by atoms with Gasteiger partial charge in [-0.05, 0) is 42.8 Å². The van der Waals surface area contributed by atoms with Gasteiger partial charge in [0.2, 0.25) is 0 Å². The minimum absolute atomic E-state index is 0.494. The molecule has 0 radical (unpaired) electrons. The molecule has 0 bridgehead atoms. The number of hydrogen-bond acceptors (Lipinski definition) is 3. The number of anilines is 1. The summed E-state index contributed by atoms with van der Waals surface area (Å²) in [6, 6.07) is 14.4. The van der Waals surface area contributed by atoms with Crippen molar-refractivity contribution < 1.29 is 8.95 Å². The zero-order chi connectivity index (χ0) is 14.4. The molecule has 2 rings (SSSR count). The zero-order valence-corrected chi connectivity index (χ0v) is 12.5. The Morgan fingerprint density at radius 2 is 1.80 bits per heavy atom. The van der Waals surface area contributed by atoms with Crippen molar-refractivity contribution in [1.29, 1.82) is 0 Å². The molecule has 2 aromatic carbocycles. The second kappa shape index (κ2) is 7.31. The third-order valence-electron chi connectivity index (χ3n) is 2.73. The number of benzene rings is 2. The van der Waals surface area contributed by atoms with Gasteiger partial charge in [-0.15, -0.1) is 0 Å². The first-order chi connectivity index (χ1) is 9.66. The van der Waals surface area contributed by atoms with Crippen molar-refractivity contribution in [3.63, 3.8) is 0 Å². The maximum atomic E-state index is 12.0. The Balaban J connectivity index is 1.77. The molecule has 1 unspecified atom stereocenters. The SMILES string of the molecule is Nc1ccccc1OCCCS(=O)c1ccc(Cl)cc1. The number of halogens is 1. The summed E-state index contributed by atoms with van der Waals surface area (Å²) in [4.78, 5) is 0.786. The van der Waals surface area contributed by atoms with Gasteiger partial charge in [0.1, 0.15) is 5.75 Å². The van der Waals surface area contributed by atoms with Gasteiger partial charge in [-0.2, -0.15) is 0 Å². The topological polar surface area (TPSA) is 52.3 Å². The molecule has 0 heterocycles. The van der Waals surface area contributed by atoms with Gasteiger partial charge in [0.25, 0.3) is 0 Å². The molecular weight excluding hydrogens is 294 g/mol. The van der Waals surface area contributed by atoms with Crippen LogP contribution in [0.25, 0.3) is 0 Å². The van der Waals surface area contributed by atoms with E-state index in [1.54, 1.807) is 30.3 Å². The quantitative estimate of drug-likeness (QED) is 0.656. The lowest BCUT2D eigenvalue weighted by Crippen LogP contribution is -2.06. The Bertz CT molecular complexity index is 587. The van der Waals surface area contributed by atoms with Crippen LogP contribution in [0.5, 0.6) is 5.75 Å². The molecule has 0 aliphatic carbocycles. The fraction of sp³-hybridized carbons (Fsp3) is 0.200. The zero-order valence-electron chi connectivity index (χ0n) is 10.9. The van der Waals surface area contributed by atoms with Gasteiger partial charge in [-0.3, -0.25) is 4.21 Å². The minimum atomic E-state index is -1.02. The molecule has 0 spiro atoms. The maximum Gasteiger partial charge on any atom is 0.142 e. The highest BCUT2D eigenvalue weighted by molar-refractivity contribution is 7.85. The Kier molecular flexibility index (Phi) is 5.44. The summed E-state index contributed by atoms with van der Waals surface area (Å²) >= 11 is 5.79. The predicted molar refractivity (Wildman–Crippen MR) is 83.7 cm³/mol. The first kappa shape index (κ1) is 14.9. The Labute approximate surface area is 126 Å². The lowest BCUT2D eigenvalue weighted by molar-refractivity contribution is 0.320. The molecule has 2 N–H and O–H groups in total. The normalized spacial score (nSPS) is 12.1. The van der Waals surface area contributed by atoms with Crippen LogP contribution in [0, 0.1) is 0 Å². The highest BCUT2D eigenvalue weighted by atomic mass is 35.5. The summed E-state index contributed by atoms with van der Waals surface area (Å²) in [5.41, 5.74) is 6.39. The van der Waals surface area contributed by atoms with Crippen molar-refractivity contribution in [3.05, 3.63) is 53.6 Å². The number of nitrogen functional groups attached to an aromatic ring is 1. The van der Waals surface area contributed by atoms with Crippen LogP contribution in [-0.4, -0.2) is 16.6 Å². The molecule has 0 aliphatic rings. The fourth-order valence-electron chi connectivity index (χ4n) is 1.69. The van der Waals surface area contributed by atoms with Gasteiger partial charge >= 0.3 is 0 Å². The minimum Gasteiger partial charge on any atom is -0.491 e. The Morgan fingerprint density at radius 3 is 2.50 bits per heavy atom. The van der Waals surface area contributed by atoms with Crippen LogP contribution in [0.15, 0.2) is 53.4 Å². The van der Waals surface area contributed by atoms with Crippen LogP contribution in [0.4, 0.5) is 5.69 Å². The van der Waals surface area contributed by atoms with Crippen molar-refractivity contribution in [2.24, 2.45) is 0 Å². The molecule has 0 aliphatic heterocycles. The largest absolute Gasteiger partial charge is 0.491 e. The molecule has 3 nitrogen and oxygen atoms in total. The lowest BCUT2D eigenvalue weighted by atomic mass is 10.3. The molecule has 0 aromatic heterocycles. The van der Waals surface area contributed by atoms with Gasteiger partial charge < -0.3 is 10.5 Å². The monoisotopic (exact) mass is 309 g/mol. The molecule has 2 aromatic rings. The Hall–Kier alpha value is -1.52. The van der Waals surface area contributed by atoms with E-state index in [1.165, 1.54) is 0 Å². The van der Waals surface area contributed by atoms with E-state index >= 15 is 0 Å². The van der Waals surface area contributed by atoms with Gasteiger partial charge in [0.15, 0.2) is 0 Å². The first-order valence-electron chi connectivity index (χ1n) is 6.28. The number of ether oxygens (including phenoxy) is 1. The average Bonchev–Trinajstić information content (AvgIpc) is 2.46. The summed E-state index contributed by atoms with van der Waals surface area (Å²) < 4.78 is 17.6. The maximum absolute atomic E-state index is 12.0. The standard InChI is InChI=1S/C15H16ClNO2S/c16-12-6-8-13(9-7-12)20(18)11-3-10-19-15-5-2-1-4-14(15)17/h1-2,4-9H,3,10-11,17H2. The molecule has 0 amide bonds. The lowest BCUT2D eigenvalue weighted by Gasteiger charge is -2.08. The van der Waals surface area contributed by atoms with Gasteiger partial charge in [0.05, 0.1) is 23.1 Å². The number of nitrogens with two attached hydrogens (primary N) is 1. The summed E-state index contributed by atoms with van der Waals surface area (Å²) in [5, 5.41) is 0.647. The smallest absolute Gasteiger partial charge is 0.142 e. The van der Waals surface area contributed by atoms with E-state index in [2.05, 4.69) is 0 Å². The number of para-hydroxylation sites is 2. The van der Waals surface area contributed by atoms with Gasteiger partial charge in [-0.1, -0.05) is 23.7 Å². The summed E-state index contributed by atoms with van der Waals surface area (Å²) in [6.07, 6.45) is 0.698. The van der Waals surface area contributed by atoms with E-state index in [0.717, 1.165) is 4.90 Å². The van der Waals surface area contributed by atoms with Crippen molar-refractivity contribution >= 4 is 28.1 Å². The van der Waals surface area contributed by atoms with E-state index in [1.807, 2.05) is 18.2 Å². The van der Waals surface area contributed by atoms with Crippen LogP contribution in [0.1, 0.15) is 6.42 Å². The number of rotatable bonds is 6. The van der Waals surface area contributed by atoms with Crippen molar-refractivity contribution in [3.8, 4) is 5.75 Å². The summed E-state index contributed by atoms with van der Waals surface area (Å²) in [5.74, 6) is 1.22. The van der Waals surface area contributed by atoms with Crippen LogP contribution in [0.2, 0.25) is 5.02 Å². The second-order valence-electron chi connectivity index (χ2n) is 4.24. The van der Waals surface area contributed by atoms with E-state index in [0.29, 0.717) is 35.2 Å². The van der Waals surface area contributed by atoms with Crippen LogP contribution in [-0.2, 0) is 10.8 Å². The van der Waals surface area contributed by atoms with E-state index in [4.69, 9.17) is 22.1 Å². The van der Waals surface area contributed by atoms with E-state index < -0.39 is 10.8 Å². The summed E-state index contributed by atoms with van der Waals surface area (Å²) in [7, 11) is -1.02. The Morgan fingerprint density at radius 1 is 1.10 bits per heavy atom.